The van der Waals surface area contributed by atoms with Crippen LogP contribution in [-0.2, 0) is 6.54 Å². The van der Waals surface area contributed by atoms with Gasteiger partial charge in [-0.2, -0.15) is 5.10 Å². The van der Waals surface area contributed by atoms with Gasteiger partial charge in [0.25, 0.3) is 0 Å². The molecule has 142 valence electrons. The Hall–Kier alpha value is -2.93. The van der Waals surface area contributed by atoms with Crippen molar-refractivity contribution in [3.8, 4) is 11.4 Å². The molecule has 4 aromatic rings. The van der Waals surface area contributed by atoms with Crippen LogP contribution in [0, 0.1) is 18.7 Å². The van der Waals surface area contributed by atoms with Gasteiger partial charge in [0.1, 0.15) is 27.8 Å². The van der Waals surface area contributed by atoms with Crippen molar-refractivity contribution in [3.05, 3.63) is 52.6 Å². The standard InChI is InChI=1S/C20H16ClFN4O2/c1-10-17(24-26-9-13(20(27)28)6-14(22)18(10)26)15-7-12-4-5-16(21)23-19(12)25(15)8-11-2-3-11/h4-7,9,11H,2-3,8H2,1H3,(H,27,28). The number of nitrogens with zero attached hydrogens (tertiary/aromatic N) is 4. The van der Waals surface area contributed by atoms with Gasteiger partial charge in [0.2, 0.25) is 0 Å². The van der Waals surface area contributed by atoms with Crippen LogP contribution >= 0.6 is 11.6 Å². The summed E-state index contributed by atoms with van der Waals surface area (Å²) in [6, 6.07) is 6.65. The van der Waals surface area contributed by atoms with Gasteiger partial charge in [-0.05, 0) is 49.9 Å². The molecule has 0 unspecified atom stereocenters. The summed E-state index contributed by atoms with van der Waals surface area (Å²) in [4.78, 5) is 15.7. The molecular weight excluding hydrogens is 383 g/mol. The van der Waals surface area contributed by atoms with Gasteiger partial charge >= 0.3 is 5.97 Å². The monoisotopic (exact) mass is 398 g/mol. The first kappa shape index (κ1) is 17.2. The summed E-state index contributed by atoms with van der Waals surface area (Å²) in [6.45, 7) is 2.59. The third-order valence-electron chi connectivity index (χ3n) is 5.25. The van der Waals surface area contributed by atoms with E-state index in [0.29, 0.717) is 22.3 Å². The average molecular weight is 399 g/mol. The van der Waals surface area contributed by atoms with Gasteiger partial charge in [-0.25, -0.2) is 18.7 Å². The lowest BCUT2D eigenvalue weighted by atomic mass is 10.1. The van der Waals surface area contributed by atoms with E-state index in [-0.39, 0.29) is 11.1 Å². The lowest BCUT2D eigenvalue weighted by Crippen LogP contribution is -2.04. The minimum Gasteiger partial charge on any atom is -0.478 e. The van der Waals surface area contributed by atoms with Crippen molar-refractivity contribution >= 4 is 34.1 Å². The van der Waals surface area contributed by atoms with Gasteiger partial charge in [0.05, 0.1) is 11.3 Å². The molecule has 1 fully saturated rings. The van der Waals surface area contributed by atoms with E-state index in [1.54, 1.807) is 13.0 Å². The molecule has 0 aromatic carbocycles. The molecule has 1 aliphatic rings. The highest BCUT2D eigenvalue weighted by Gasteiger charge is 2.26. The molecule has 5 rings (SSSR count). The van der Waals surface area contributed by atoms with E-state index in [9.17, 15) is 14.3 Å². The zero-order valence-electron chi connectivity index (χ0n) is 15.0. The normalized spacial score (nSPS) is 14.2. The van der Waals surface area contributed by atoms with Gasteiger partial charge in [0.15, 0.2) is 0 Å². The smallest absolute Gasteiger partial charge is 0.337 e. The third kappa shape index (κ3) is 2.65. The highest BCUT2D eigenvalue weighted by atomic mass is 35.5. The number of aromatic carboxylic acids is 1. The number of hydrogen-bond donors (Lipinski definition) is 1. The van der Waals surface area contributed by atoms with Crippen LogP contribution in [-0.4, -0.2) is 30.2 Å². The Morgan fingerprint density at radius 2 is 2.14 bits per heavy atom. The van der Waals surface area contributed by atoms with Gasteiger partial charge in [-0.3, -0.25) is 0 Å². The zero-order valence-corrected chi connectivity index (χ0v) is 15.7. The largest absolute Gasteiger partial charge is 0.478 e. The Morgan fingerprint density at radius 1 is 1.36 bits per heavy atom. The van der Waals surface area contributed by atoms with Crippen LogP contribution < -0.4 is 0 Å². The van der Waals surface area contributed by atoms with Gasteiger partial charge in [0, 0.05) is 23.7 Å². The molecule has 1 N–H and O–H groups in total. The number of pyridine rings is 2. The fourth-order valence-corrected chi connectivity index (χ4v) is 3.82. The predicted molar refractivity (Wildman–Crippen MR) is 103 cm³/mol. The van der Waals surface area contributed by atoms with E-state index in [1.807, 2.05) is 12.1 Å². The van der Waals surface area contributed by atoms with Crippen molar-refractivity contribution in [1.29, 1.82) is 0 Å². The summed E-state index contributed by atoms with van der Waals surface area (Å²) in [5.74, 6) is -1.22. The van der Waals surface area contributed by atoms with Crippen LogP contribution in [0.3, 0.4) is 0 Å². The molecule has 0 aliphatic heterocycles. The minimum atomic E-state index is -1.20. The van der Waals surface area contributed by atoms with E-state index in [4.69, 9.17) is 11.6 Å². The number of aryl methyl sites for hydroxylation is 1. The number of carboxylic acids is 1. The number of halogens is 2. The van der Waals surface area contributed by atoms with E-state index >= 15 is 0 Å². The highest BCUT2D eigenvalue weighted by Crippen LogP contribution is 2.37. The summed E-state index contributed by atoms with van der Waals surface area (Å²) in [5, 5.41) is 15.1. The van der Waals surface area contributed by atoms with Crippen LogP contribution in [0.4, 0.5) is 4.39 Å². The fourth-order valence-electron chi connectivity index (χ4n) is 3.68. The van der Waals surface area contributed by atoms with Crippen molar-refractivity contribution in [1.82, 2.24) is 19.2 Å². The Bertz CT molecular complexity index is 1270. The predicted octanol–water partition coefficient (Wildman–Crippen LogP) is 4.56. The molecule has 0 saturated heterocycles. The van der Waals surface area contributed by atoms with Gasteiger partial charge in [-0.1, -0.05) is 11.6 Å². The number of rotatable bonds is 4. The SMILES string of the molecule is Cc1c(-c2cc3ccc(Cl)nc3n2CC2CC2)nn2cc(C(=O)O)cc(F)c12. The molecule has 8 heteroatoms. The van der Waals surface area contributed by atoms with Crippen molar-refractivity contribution in [2.24, 2.45) is 5.92 Å². The van der Waals surface area contributed by atoms with Crippen LogP contribution in [0.15, 0.2) is 30.5 Å². The van der Waals surface area contributed by atoms with Crippen LogP contribution in [0.1, 0.15) is 28.8 Å². The first-order chi connectivity index (χ1) is 13.4. The molecule has 6 nitrogen and oxygen atoms in total. The van der Waals surface area contributed by atoms with E-state index < -0.39 is 11.8 Å². The number of carbonyl (C=O) groups is 1. The number of fused-ring (bicyclic) bond motifs is 2. The van der Waals surface area contributed by atoms with Gasteiger partial charge < -0.3 is 9.67 Å². The van der Waals surface area contributed by atoms with Crippen molar-refractivity contribution in [3.63, 3.8) is 0 Å². The number of carboxylic acid groups (broad SMARTS) is 1. The molecular formula is C20H16ClFN4O2. The number of aromatic nitrogens is 4. The molecule has 0 radical (unpaired) electrons. The molecule has 0 atom stereocenters. The average Bonchev–Trinajstić information content (AvgIpc) is 3.32. The molecule has 0 bridgehead atoms. The third-order valence-corrected chi connectivity index (χ3v) is 5.46. The molecule has 4 heterocycles. The molecule has 1 aliphatic carbocycles. The molecule has 4 aromatic heterocycles. The second-order valence-corrected chi connectivity index (χ2v) is 7.67. The summed E-state index contributed by atoms with van der Waals surface area (Å²) < 4.78 is 18.0. The quantitative estimate of drug-likeness (QED) is 0.511. The van der Waals surface area contributed by atoms with E-state index in [1.165, 1.54) is 23.6 Å². The maximum Gasteiger partial charge on any atom is 0.337 e. The van der Waals surface area contributed by atoms with Crippen LogP contribution in [0.25, 0.3) is 27.9 Å². The summed E-state index contributed by atoms with van der Waals surface area (Å²) in [7, 11) is 0. The van der Waals surface area contributed by atoms with Crippen LogP contribution in [0.2, 0.25) is 5.15 Å². The Labute approximate surface area is 164 Å². The Kier molecular flexibility index (Phi) is 3.71. The van der Waals surface area contributed by atoms with E-state index in [2.05, 4.69) is 14.6 Å². The zero-order chi connectivity index (χ0) is 19.6. The van der Waals surface area contributed by atoms with Crippen LogP contribution in [0.5, 0.6) is 0 Å². The number of hydrogen-bond acceptors (Lipinski definition) is 3. The first-order valence-electron chi connectivity index (χ1n) is 9.00. The Morgan fingerprint density at radius 3 is 2.86 bits per heavy atom. The Balaban J connectivity index is 1.77. The van der Waals surface area contributed by atoms with Crippen molar-refractivity contribution in [2.75, 3.05) is 0 Å². The molecule has 0 amide bonds. The topological polar surface area (TPSA) is 72.4 Å². The van der Waals surface area contributed by atoms with E-state index in [0.717, 1.165) is 29.3 Å². The van der Waals surface area contributed by atoms with Crippen molar-refractivity contribution < 1.29 is 14.3 Å². The molecule has 28 heavy (non-hydrogen) atoms. The molecule has 1 saturated carbocycles. The lowest BCUT2D eigenvalue weighted by Gasteiger charge is -2.08. The lowest BCUT2D eigenvalue weighted by molar-refractivity contribution is 0.0695. The summed E-state index contributed by atoms with van der Waals surface area (Å²) in [6.07, 6.45) is 3.67. The minimum absolute atomic E-state index is 0.147. The maximum absolute atomic E-state index is 14.6. The first-order valence-corrected chi connectivity index (χ1v) is 9.38. The summed E-state index contributed by atoms with van der Waals surface area (Å²) in [5.41, 5.74) is 2.99. The summed E-state index contributed by atoms with van der Waals surface area (Å²) >= 11 is 6.11. The maximum atomic E-state index is 14.6. The van der Waals surface area contributed by atoms with Gasteiger partial charge in [-0.15, -0.1) is 0 Å². The van der Waals surface area contributed by atoms with Crippen molar-refractivity contribution in [2.45, 2.75) is 26.3 Å². The highest BCUT2D eigenvalue weighted by molar-refractivity contribution is 6.29. The second kappa shape index (κ2) is 6.04. The second-order valence-electron chi connectivity index (χ2n) is 7.28. The molecule has 0 spiro atoms. The fraction of sp³-hybridized carbons (Fsp3) is 0.250.